The number of carboxylic acid groups (broad SMARTS) is 1. The first-order valence-corrected chi connectivity index (χ1v) is 6.41. The third-order valence-electron chi connectivity index (χ3n) is 3.21. The number of carboxylic acids is 1. The number of carbonyl (C=O) groups excluding carboxylic acids is 1. The molecule has 1 heterocycles. The third-order valence-corrected chi connectivity index (χ3v) is 3.21. The summed E-state index contributed by atoms with van der Waals surface area (Å²) in [6, 6.07) is -0.142. The van der Waals surface area contributed by atoms with Gasteiger partial charge in [0.2, 0.25) is 0 Å². The number of aliphatic hydroxyl groups is 1. The van der Waals surface area contributed by atoms with Crippen LogP contribution in [-0.4, -0.2) is 52.9 Å². The molecule has 1 aliphatic heterocycles. The lowest BCUT2D eigenvalue weighted by atomic mass is 10.0. The van der Waals surface area contributed by atoms with Crippen LogP contribution in [0, 0.1) is 5.92 Å². The highest BCUT2D eigenvalue weighted by molar-refractivity contribution is 5.74. The summed E-state index contributed by atoms with van der Waals surface area (Å²) in [4.78, 5) is 23.6. The number of aliphatic carboxylic acids is 1. The van der Waals surface area contributed by atoms with Crippen LogP contribution in [0.15, 0.2) is 0 Å². The highest BCUT2D eigenvalue weighted by atomic mass is 16.4. The van der Waals surface area contributed by atoms with Crippen LogP contribution in [0.3, 0.4) is 0 Å². The molecule has 0 aromatic carbocycles. The van der Waals surface area contributed by atoms with Gasteiger partial charge in [0.15, 0.2) is 0 Å². The Kier molecular flexibility index (Phi) is 5.91. The molecule has 1 saturated heterocycles. The van der Waals surface area contributed by atoms with Crippen LogP contribution < -0.4 is 5.32 Å². The maximum absolute atomic E-state index is 11.6. The predicted octanol–water partition coefficient (Wildman–Crippen LogP) is 0.654. The average Bonchev–Trinajstić information content (AvgIpc) is 2.73. The van der Waals surface area contributed by atoms with Crippen molar-refractivity contribution in [3.8, 4) is 0 Å². The second kappa shape index (κ2) is 7.20. The minimum atomic E-state index is -0.781. The molecule has 2 atom stereocenters. The Morgan fingerprint density at radius 3 is 2.72 bits per heavy atom. The van der Waals surface area contributed by atoms with Crippen molar-refractivity contribution in [3.05, 3.63) is 0 Å². The summed E-state index contributed by atoms with van der Waals surface area (Å²) >= 11 is 0. The molecule has 0 radical (unpaired) electrons. The molecule has 0 spiro atoms. The van der Waals surface area contributed by atoms with E-state index in [9.17, 15) is 14.7 Å². The average molecular weight is 258 g/mol. The van der Waals surface area contributed by atoms with Crippen molar-refractivity contribution in [3.63, 3.8) is 0 Å². The molecule has 1 rings (SSSR count). The smallest absolute Gasteiger partial charge is 0.317 e. The molecule has 18 heavy (non-hydrogen) atoms. The zero-order valence-electron chi connectivity index (χ0n) is 10.8. The highest BCUT2D eigenvalue weighted by Crippen LogP contribution is 2.10. The van der Waals surface area contributed by atoms with Crippen LogP contribution in [0.4, 0.5) is 4.79 Å². The van der Waals surface area contributed by atoms with Crippen molar-refractivity contribution < 1.29 is 19.8 Å². The Labute approximate surface area is 107 Å². The van der Waals surface area contributed by atoms with Crippen molar-refractivity contribution >= 4 is 12.0 Å². The molecule has 1 aliphatic rings. The van der Waals surface area contributed by atoms with Crippen LogP contribution in [0.1, 0.15) is 32.6 Å². The molecule has 0 aliphatic carbocycles. The predicted molar refractivity (Wildman–Crippen MR) is 66.2 cm³/mol. The largest absolute Gasteiger partial charge is 0.481 e. The minimum absolute atomic E-state index is 0.142. The van der Waals surface area contributed by atoms with Gasteiger partial charge in [0.25, 0.3) is 0 Å². The molecule has 0 aromatic heterocycles. The van der Waals surface area contributed by atoms with Gasteiger partial charge in [0.1, 0.15) is 0 Å². The Morgan fingerprint density at radius 2 is 2.17 bits per heavy atom. The molecule has 0 aromatic rings. The molecule has 2 amide bonds. The monoisotopic (exact) mass is 258 g/mol. The van der Waals surface area contributed by atoms with Gasteiger partial charge in [-0.15, -0.1) is 0 Å². The Balaban J connectivity index is 2.09. The van der Waals surface area contributed by atoms with Crippen molar-refractivity contribution in [1.82, 2.24) is 10.2 Å². The van der Waals surface area contributed by atoms with Crippen LogP contribution in [0.5, 0.6) is 0 Å². The molecule has 2 unspecified atom stereocenters. The molecule has 0 bridgehead atoms. The highest BCUT2D eigenvalue weighted by Gasteiger charge is 2.24. The van der Waals surface area contributed by atoms with Crippen LogP contribution in [-0.2, 0) is 4.79 Å². The number of amides is 2. The maximum atomic E-state index is 11.6. The number of nitrogens with zero attached hydrogens (tertiary/aromatic N) is 1. The van der Waals surface area contributed by atoms with E-state index in [1.807, 2.05) is 6.92 Å². The summed E-state index contributed by atoms with van der Waals surface area (Å²) in [7, 11) is 0. The van der Waals surface area contributed by atoms with Gasteiger partial charge < -0.3 is 20.4 Å². The molecule has 6 heteroatoms. The fourth-order valence-corrected chi connectivity index (χ4v) is 1.98. The number of hydrogen-bond donors (Lipinski definition) is 3. The molecule has 6 nitrogen and oxygen atoms in total. The van der Waals surface area contributed by atoms with E-state index in [1.165, 1.54) is 0 Å². The molecule has 3 N–H and O–H groups in total. The molecule has 0 saturated carbocycles. The van der Waals surface area contributed by atoms with Gasteiger partial charge in [-0.25, -0.2) is 4.79 Å². The number of rotatable bonds is 6. The van der Waals surface area contributed by atoms with Gasteiger partial charge in [0, 0.05) is 26.1 Å². The summed E-state index contributed by atoms with van der Waals surface area (Å²) in [5, 5.41) is 20.6. The third kappa shape index (κ3) is 5.35. The summed E-state index contributed by atoms with van der Waals surface area (Å²) < 4.78 is 0. The van der Waals surface area contributed by atoms with E-state index in [4.69, 9.17) is 5.11 Å². The fourth-order valence-electron chi connectivity index (χ4n) is 1.98. The number of aliphatic hydroxyl groups excluding tert-OH is 1. The van der Waals surface area contributed by atoms with E-state index in [0.717, 1.165) is 6.42 Å². The van der Waals surface area contributed by atoms with Crippen molar-refractivity contribution in [2.24, 2.45) is 5.92 Å². The van der Waals surface area contributed by atoms with Gasteiger partial charge in [-0.1, -0.05) is 6.92 Å². The zero-order chi connectivity index (χ0) is 13.5. The number of carbonyl (C=O) groups is 2. The number of nitrogens with one attached hydrogen (secondary N) is 1. The topological polar surface area (TPSA) is 89.9 Å². The number of urea groups is 1. The second-order valence-corrected chi connectivity index (χ2v) is 4.95. The molecular weight excluding hydrogens is 236 g/mol. The maximum Gasteiger partial charge on any atom is 0.317 e. The van der Waals surface area contributed by atoms with Gasteiger partial charge in [-0.3, -0.25) is 4.79 Å². The number of hydrogen-bond acceptors (Lipinski definition) is 3. The lowest BCUT2D eigenvalue weighted by Crippen LogP contribution is -2.39. The first kappa shape index (κ1) is 14.8. The quantitative estimate of drug-likeness (QED) is 0.652. The summed E-state index contributed by atoms with van der Waals surface area (Å²) in [5.74, 6) is -0.498. The van der Waals surface area contributed by atoms with E-state index in [2.05, 4.69) is 5.32 Å². The lowest BCUT2D eigenvalue weighted by Gasteiger charge is -2.17. The second-order valence-electron chi connectivity index (χ2n) is 4.95. The van der Waals surface area contributed by atoms with Crippen molar-refractivity contribution in [1.29, 1.82) is 0 Å². The first-order valence-electron chi connectivity index (χ1n) is 6.41. The zero-order valence-corrected chi connectivity index (χ0v) is 10.8. The van der Waals surface area contributed by atoms with Crippen LogP contribution >= 0.6 is 0 Å². The molecule has 1 fully saturated rings. The van der Waals surface area contributed by atoms with Gasteiger partial charge in [-0.2, -0.15) is 0 Å². The van der Waals surface area contributed by atoms with Gasteiger partial charge >= 0.3 is 12.0 Å². The van der Waals surface area contributed by atoms with Gasteiger partial charge in [-0.05, 0) is 25.2 Å². The Morgan fingerprint density at radius 1 is 1.44 bits per heavy atom. The van der Waals surface area contributed by atoms with E-state index in [-0.39, 0.29) is 18.4 Å². The fraction of sp³-hybridized carbons (Fsp3) is 0.833. The summed E-state index contributed by atoms with van der Waals surface area (Å²) in [5.41, 5.74) is 0. The Bertz CT molecular complexity index is 296. The van der Waals surface area contributed by atoms with Crippen LogP contribution in [0.25, 0.3) is 0 Å². The normalized spacial score (nSPS) is 20.8. The van der Waals surface area contributed by atoms with Crippen molar-refractivity contribution in [2.45, 2.75) is 38.7 Å². The number of likely N-dealkylation sites (tertiary alicyclic amines) is 1. The lowest BCUT2D eigenvalue weighted by molar-refractivity contribution is -0.137. The minimum Gasteiger partial charge on any atom is -0.481 e. The van der Waals surface area contributed by atoms with E-state index < -0.39 is 12.1 Å². The first-order chi connectivity index (χ1) is 8.49. The van der Waals surface area contributed by atoms with Crippen molar-refractivity contribution in [2.75, 3.05) is 19.6 Å². The molecule has 104 valence electrons. The van der Waals surface area contributed by atoms with E-state index in [0.29, 0.717) is 32.5 Å². The standard InChI is InChI=1S/C12H22N2O4/c1-9(2-3-11(16)17)4-6-13-12(18)14-7-5-10(15)8-14/h9-10,15H,2-8H2,1H3,(H,13,18)(H,16,17). The SMILES string of the molecule is CC(CCNC(=O)N1CCC(O)C1)CCC(=O)O. The number of β-amino-alcohol motifs (C(OH)–C–C–N with tert-alkyl or cyclic N) is 1. The van der Waals surface area contributed by atoms with E-state index in [1.54, 1.807) is 4.90 Å². The summed E-state index contributed by atoms with van der Waals surface area (Å²) in [6.07, 6.45) is 1.82. The summed E-state index contributed by atoms with van der Waals surface area (Å²) in [6.45, 7) is 3.53. The van der Waals surface area contributed by atoms with E-state index >= 15 is 0 Å². The Hall–Kier alpha value is -1.30. The van der Waals surface area contributed by atoms with Gasteiger partial charge in [0.05, 0.1) is 6.10 Å². The van der Waals surface area contributed by atoms with Crippen LogP contribution in [0.2, 0.25) is 0 Å². The molecular formula is C12H22N2O4.